The summed E-state index contributed by atoms with van der Waals surface area (Å²) in [6, 6.07) is 6.50. The second-order valence-corrected chi connectivity index (χ2v) is 9.15. The summed E-state index contributed by atoms with van der Waals surface area (Å²) in [5.74, 6) is 2.71. The van der Waals surface area contributed by atoms with E-state index >= 15 is 0 Å². The van der Waals surface area contributed by atoms with E-state index in [1.807, 2.05) is 7.05 Å². The van der Waals surface area contributed by atoms with Gasteiger partial charge in [-0.3, -0.25) is 4.99 Å². The topological polar surface area (TPSA) is 64.6 Å². The lowest BCUT2D eigenvalue weighted by atomic mass is 9.78. The summed E-state index contributed by atoms with van der Waals surface area (Å²) in [6.45, 7) is 5.40. The van der Waals surface area contributed by atoms with E-state index in [1.54, 1.807) is 0 Å². The van der Waals surface area contributed by atoms with Gasteiger partial charge in [0.1, 0.15) is 19.3 Å². The summed E-state index contributed by atoms with van der Waals surface area (Å²) in [7, 11) is 1.88. The predicted octanol–water partition coefficient (Wildman–Crippen LogP) is 2.72. The number of nitrogens with zero attached hydrogens (tertiary/aromatic N) is 2. The first kappa shape index (κ1) is 20.9. The Morgan fingerprint density at radius 3 is 2.61 bits per heavy atom. The van der Waals surface area contributed by atoms with E-state index < -0.39 is 0 Å². The van der Waals surface area contributed by atoms with Gasteiger partial charge in [-0.15, -0.1) is 0 Å². The van der Waals surface area contributed by atoms with Gasteiger partial charge in [0.15, 0.2) is 17.5 Å². The van der Waals surface area contributed by atoms with Gasteiger partial charge in [0, 0.05) is 38.7 Å². The fraction of sp³-hybridized carbons (Fsp3) is 0.708. The van der Waals surface area contributed by atoms with Crippen LogP contribution in [-0.2, 0) is 14.9 Å². The average molecular weight is 430 g/mol. The Bertz CT molecular complexity index is 787. The number of aliphatic imine (C=N–C) groups is 1. The lowest BCUT2D eigenvalue weighted by Gasteiger charge is -2.38. The Morgan fingerprint density at radius 1 is 1.03 bits per heavy atom. The van der Waals surface area contributed by atoms with Crippen molar-refractivity contribution in [2.75, 3.05) is 53.1 Å². The number of hydrogen-bond acceptors (Lipinski definition) is 5. The highest BCUT2D eigenvalue weighted by Gasteiger charge is 2.38. The van der Waals surface area contributed by atoms with Crippen LogP contribution in [0, 0.1) is 0 Å². The predicted molar refractivity (Wildman–Crippen MR) is 119 cm³/mol. The summed E-state index contributed by atoms with van der Waals surface area (Å²) in [6.07, 6.45) is 7.46. The molecule has 1 N–H and O–H groups in total. The number of nitrogens with one attached hydrogen (secondary N) is 1. The van der Waals surface area contributed by atoms with Crippen molar-refractivity contribution in [3.63, 3.8) is 0 Å². The monoisotopic (exact) mass is 429 g/mol. The van der Waals surface area contributed by atoms with Gasteiger partial charge in [0.05, 0.1) is 12.7 Å². The molecule has 1 aromatic rings. The fourth-order valence-corrected chi connectivity index (χ4v) is 5.56. The highest BCUT2D eigenvalue weighted by atomic mass is 16.6. The molecule has 0 radical (unpaired) electrons. The quantitative estimate of drug-likeness (QED) is 0.587. The third-order valence-electron chi connectivity index (χ3n) is 7.28. The number of rotatable bonds is 4. The van der Waals surface area contributed by atoms with Crippen molar-refractivity contribution >= 4 is 5.96 Å². The minimum absolute atomic E-state index is 0.103. The van der Waals surface area contributed by atoms with Crippen molar-refractivity contribution in [1.29, 1.82) is 0 Å². The third-order valence-corrected chi connectivity index (χ3v) is 7.28. The van der Waals surface area contributed by atoms with Gasteiger partial charge >= 0.3 is 0 Å². The molecule has 0 amide bonds. The molecule has 2 saturated heterocycles. The van der Waals surface area contributed by atoms with Crippen molar-refractivity contribution in [2.45, 2.75) is 56.1 Å². The second kappa shape index (κ2) is 9.25. The molecule has 0 bridgehead atoms. The molecule has 1 saturated carbocycles. The molecule has 0 aromatic heterocycles. The van der Waals surface area contributed by atoms with Gasteiger partial charge in [0.2, 0.25) is 0 Å². The molecule has 4 aliphatic rings. The zero-order valence-corrected chi connectivity index (χ0v) is 18.6. The molecule has 2 atom stereocenters. The van der Waals surface area contributed by atoms with Gasteiger partial charge in [-0.1, -0.05) is 18.9 Å². The zero-order chi connectivity index (χ0) is 21.1. The minimum atomic E-state index is 0.103. The Balaban J connectivity index is 1.28. The summed E-state index contributed by atoms with van der Waals surface area (Å²) >= 11 is 0. The van der Waals surface area contributed by atoms with Crippen LogP contribution in [-0.4, -0.2) is 76.2 Å². The molecule has 7 heteroatoms. The van der Waals surface area contributed by atoms with E-state index in [2.05, 4.69) is 33.4 Å². The smallest absolute Gasteiger partial charge is 0.193 e. The number of benzene rings is 1. The third kappa shape index (κ3) is 4.35. The van der Waals surface area contributed by atoms with Crippen LogP contribution in [0.5, 0.6) is 11.5 Å². The normalized spacial score (nSPS) is 28.0. The highest BCUT2D eigenvalue weighted by Crippen LogP contribution is 2.43. The van der Waals surface area contributed by atoms with Crippen LogP contribution in [0.4, 0.5) is 0 Å². The molecule has 5 rings (SSSR count). The van der Waals surface area contributed by atoms with Crippen LogP contribution in [0.25, 0.3) is 0 Å². The van der Waals surface area contributed by atoms with Crippen molar-refractivity contribution in [3.05, 3.63) is 23.8 Å². The fourth-order valence-electron chi connectivity index (χ4n) is 5.56. The lowest BCUT2D eigenvalue weighted by Crippen LogP contribution is -2.54. The molecule has 3 fully saturated rings. The lowest BCUT2D eigenvalue weighted by molar-refractivity contribution is -0.0817. The second-order valence-electron chi connectivity index (χ2n) is 9.15. The molecular weight excluding hydrogens is 394 g/mol. The maximum Gasteiger partial charge on any atom is 0.193 e. The van der Waals surface area contributed by atoms with Gasteiger partial charge in [-0.05, 0) is 43.4 Å². The molecule has 31 heavy (non-hydrogen) atoms. The first-order valence-corrected chi connectivity index (χ1v) is 11.9. The molecule has 3 heterocycles. The Morgan fingerprint density at radius 2 is 1.84 bits per heavy atom. The van der Waals surface area contributed by atoms with Gasteiger partial charge < -0.3 is 29.2 Å². The molecule has 0 spiro atoms. The number of guanidine groups is 1. The Hall–Kier alpha value is -1.99. The Labute approximate surface area is 185 Å². The van der Waals surface area contributed by atoms with E-state index in [0.717, 1.165) is 63.1 Å². The standard InChI is InChI=1S/C24H35N3O4/c1-25-23(27-10-12-29-22(16-27)19-5-4-11-28-19)26-17-24(8-2-3-9-24)18-6-7-20-21(15-18)31-14-13-30-20/h6-7,15,19,22H,2-5,8-14,16-17H2,1H3,(H,25,26). The minimum Gasteiger partial charge on any atom is -0.486 e. The maximum atomic E-state index is 6.03. The number of fused-ring (bicyclic) bond motifs is 1. The van der Waals surface area contributed by atoms with Crippen LogP contribution in [0.2, 0.25) is 0 Å². The van der Waals surface area contributed by atoms with Crippen molar-refractivity contribution in [1.82, 2.24) is 10.2 Å². The molecule has 1 aliphatic carbocycles. The van der Waals surface area contributed by atoms with Gasteiger partial charge in [-0.2, -0.15) is 0 Å². The Kier molecular flexibility index (Phi) is 6.23. The number of hydrogen-bond donors (Lipinski definition) is 1. The molecule has 2 unspecified atom stereocenters. The van der Waals surface area contributed by atoms with E-state index in [-0.39, 0.29) is 17.6 Å². The van der Waals surface area contributed by atoms with Crippen LogP contribution >= 0.6 is 0 Å². The molecule has 3 aliphatic heterocycles. The van der Waals surface area contributed by atoms with Crippen LogP contribution < -0.4 is 14.8 Å². The van der Waals surface area contributed by atoms with Gasteiger partial charge in [-0.25, -0.2) is 0 Å². The summed E-state index contributed by atoms with van der Waals surface area (Å²) < 4.78 is 23.5. The van der Waals surface area contributed by atoms with E-state index in [4.69, 9.17) is 18.9 Å². The summed E-state index contributed by atoms with van der Waals surface area (Å²) in [5, 5.41) is 3.72. The SMILES string of the molecule is CN=C(NCC1(c2ccc3c(c2)OCCO3)CCCC1)N1CCOC(C2CCCO2)C1. The largest absolute Gasteiger partial charge is 0.486 e. The molecule has 1 aromatic carbocycles. The highest BCUT2D eigenvalue weighted by molar-refractivity contribution is 5.80. The van der Waals surface area contributed by atoms with E-state index in [1.165, 1.54) is 31.2 Å². The maximum absolute atomic E-state index is 6.03. The molecule has 170 valence electrons. The van der Waals surface area contributed by atoms with E-state index in [9.17, 15) is 0 Å². The zero-order valence-electron chi connectivity index (χ0n) is 18.6. The number of ether oxygens (including phenoxy) is 4. The summed E-state index contributed by atoms with van der Waals surface area (Å²) in [4.78, 5) is 6.95. The van der Waals surface area contributed by atoms with Crippen molar-refractivity contribution in [3.8, 4) is 11.5 Å². The van der Waals surface area contributed by atoms with Crippen LogP contribution in [0.1, 0.15) is 44.1 Å². The first-order valence-electron chi connectivity index (χ1n) is 11.9. The van der Waals surface area contributed by atoms with Crippen LogP contribution in [0.15, 0.2) is 23.2 Å². The first-order chi connectivity index (χ1) is 15.3. The summed E-state index contributed by atoms with van der Waals surface area (Å²) in [5.41, 5.74) is 1.45. The van der Waals surface area contributed by atoms with E-state index in [0.29, 0.717) is 13.2 Å². The molecular formula is C24H35N3O4. The number of morpholine rings is 1. The van der Waals surface area contributed by atoms with Crippen LogP contribution in [0.3, 0.4) is 0 Å². The van der Waals surface area contributed by atoms with Crippen molar-refractivity contribution < 1.29 is 18.9 Å². The van der Waals surface area contributed by atoms with Crippen molar-refractivity contribution in [2.24, 2.45) is 4.99 Å². The van der Waals surface area contributed by atoms with Gasteiger partial charge in [0.25, 0.3) is 0 Å². The molecule has 7 nitrogen and oxygen atoms in total. The average Bonchev–Trinajstić information content (AvgIpc) is 3.53.